The van der Waals surface area contributed by atoms with Crippen LogP contribution in [0, 0.1) is 0 Å². The number of carbonyl (C=O) groups is 1. The first-order valence-corrected chi connectivity index (χ1v) is 9.37. The van der Waals surface area contributed by atoms with Crippen LogP contribution < -0.4 is 9.64 Å². The van der Waals surface area contributed by atoms with Gasteiger partial charge in [-0.15, -0.1) is 0 Å². The zero-order valence-corrected chi connectivity index (χ0v) is 15.6. The Balaban J connectivity index is 1.36. The summed E-state index contributed by atoms with van der Waals surface area (Å²) in [6, 6.07) is 21.7. The second kappa shape index (κ2) is 8.52. The maximum atomic E-state index is 12.8. The van der Waals surface area contributed by atoms with E-state index in [1.165, 1.54) is 12.0 Å². The Morgan fingerprint density at radius 3 is 2.29 bits per heavy atom. The van der Waals surface area contributed by atoms with Crippen LogP contribution in [0.3, 0.4) is 0 Å². The van der Waals surface area contributed by atoms with Gasteiger partial charge in [-0.25, -0.2) is 9.97 Å². The highest BCUT2D eigenvalue weighted by Crippen LogP contribution is 2.17. The van der Waals surface area contributed by atoms with Gasteiger partial charge in [0.25, 0.3) is 5.91 Å². The predicted molar refractivity (Wildman–Crippen MR) is 107 cm³/mol. The van der Waals surface area contributed by atoms with Crippen LogP contribution in [0.5, 0.6) is 5.88 Å². The predicted octanol–water partition coefficient (Wildman–Crippen LogP) is 3.02. The van der Waals surface area contributed by atoms with Crippen LogP contribution in [0.1, 0.15) is 16.1 Å². The molecular weight excluding hydrogens is 352 g/mol. The van der Waals surface area contributed by atoms with E-state index >= 15 is 0 Å². The highest BCUT2D eigenvalue weighted by atomic mass is 16.5. The number of nitrogens with zero attached hydrogens (tertiary/aromatic N) is 4. The molecule has 6 heteroatoms. The van der Waals surface area contributed by atoms with Crippen LogP contribution in [0.2, 0.25) is 0 Å². The minimum Gasteiger partial charge on any atom is -0.473 e. The second-order valence-corrected chi connectivity index (χ2v) is 6.63. The van der Waals surface area contributed by atoms with Gasteiger partial charge in [0.2, 0.25) is 5.88 Å². The molecule has 4 rings (SSSR count). The minimum atomic E-state index is -0.0836. The van der Waals surface area contributed by atoms with Crippen LogP contribution in [-0.4, -0.2) is 47.0 Å². The zero-order valence-electron chi connectivity index (χ0n) is 15.6. The normalized spacial score (nSPS) is 14.0. The number of amides is 1. The molecule has 0 bridgehead atoms. The van der Waals surface area contributed by atoms with Crippen molar-refractivity contribution in [3.05, 3.63) is 84.3 Å². The lowest BCUT2D eigenvalue weighted by Crippen LogP contribution is -2.49. The largest absolute Gasteiger partial charge is 0.473 e. The second-order valence-electron chi connectivity index (χ2n) is 6.63. The highest BCUT2D eigenvalue weighted by molar-refractivity contribution is 5.92. The van der Waals surface area contributed by atoms with E-state index in [9.17, 15) is 4.79 Å². The quantitative estimate of drug-likeness (QED) is 0.687. The molecular formula is C22H22N4O2. The minimum absolute atomic E-state index is 0.0836. The van der Waals surface area contributed by atoms with Crippen molar-refractivity contribution in [2.45, 2.75) is 6.61 Å². The summed E-state index contributed by atoms with van der Waals surface area (Å²) in [5.74, 6) is 0.324. The number of piperazine rings is 1. The number of benzene rings is 2. The van der Waals surface area contributed by atoms with Crippen molar-refractivity contribution in [1.82, 2.24) is 14.9 Å². The molecule has 28 heavy (non-hydrogen) atoms. The van der Waals surface area contributed by atoms with Gasteiger partial charge < -0.3 is 14.5 Å². The number of carbonyl (C=O) groups excluding carboxylic acids is 1. The third-order valence-corrected chi connectivity index (χ3v) is 4.78. The molecule has 0 radical (unpaired) electrons. The Hall–Kier alpha value is -3.41. The van der Waals surface area contributed by atoms with Gasteiger partial charge in [0.05, 0.1) is 0 Å². The molecule has 1 aliphatic heterocycles. The van der Waals surface area contributed by atoms with E-state index in [1.807, 2.05) is 53.4 Å². The number of para-hydroxylation sites is 1. The summed E-state index contributed by atoms with van der Waals surface area (Å²) in [4.78, 5) is 25.2. The first-order valence-electron chi connectivity index (χ1n) is 9.37. The Labute approximate surface area is 164 Å². The van der Waals surface area contributed by atoms with Crippen LogP contribution in [0.4, 0.5) is 5.69 Å². The van der Waals surface area contributed by atoms with Crippen LogP contribution in [0.25, 0.3) is 0 Å². The molecule has 1 saturated heterocycles. The summed E-state index contributed by atoms with van der Waals surface area (Å²) in [7, 11) is 0. The Morgan fingerprint density at radius 1 is 0.893 bits per heavy atom. The van der Waals surface area contributed by atoms with Gasteiger partial charge in [-0.2, -0.15) is 0 Å². The molecule has 1 aliphatic rings. The van der Waals surface area contributed by atoms with Gasteiger partial charge in [-0.1, -0.05) is 48.5 Å². The smallest absolute Gasteiger partial charge is 0.272 e. The third-order valence-electron chi connectivity index (χ3n) is 4.78. The van der Waals surface area contributed by atoms with Crippen LogP contribution in [0.15, 0.2) is 73.1 Å². The molecule has 2 aromatic carbocycles. The van der Waals surface area contributed by atoms with E-state index in [2.05, 4.69) is 27.0 Å². The Kier molecular flexibility index (Phi) is 5.47. The fourth-order valence-electron chi connectivity index (χ4n) is 3.24. The summed E-state index contributed by atoms with van der Waals surface area (Å²) >= 11 is 0. The lowest BCUT2D eigenvalue weighted by Gasteiger charge is -2.36. The standard InChI is InChI=1S/C22H22N4O2/c27-22(26-13-11-25(12-14-26)19-9-5-2-6-10-19)20-15-21(24-17-23-20)28-16-18-7-3-1-4-8-18/h1-10,15,17H,11-14,16H2. The van der Waals surface area contributed by atoms with E-state index in [-0.39, 0.29) is 5.91 Å². The first kappa shape index (κ1) is 18.0. The van der Waals surface area contributed by atoms with Crippen molar-refractivity contribution >= 4 is 11.6 Å². The van der Waals surface area contributed by atoms with Gasteiger partial charge in [-0.05, 0) is 17.7 Å². The molecule has 1 fully saturated rings. The summed E-state index contributed by atoms with van der Waals surface area (Å²) < 4.78 is 5.72. The van der Waals surface area contributed by atoms with Gasteiger partial charge in [0, 0.05) is 37.9 Å². The van der Waals surface area contributed by atoms with E-state index < -0.39 is 0 Å². The molecule has 3 aromatic rings. The number of hydrogen-bond acceptors (Lipinski definition) is 5. The molecule has 1 amide bonds. The van der Waals surface area contributed by atoms with Crippen molar-refractivity contribution in [2.24, 2.45) is 0 Å². The molecule has 0 atom stereocenters. The van der Waals surface area contributed by atoms with Gasteiger partial charge in [0.15, 0.2) is 0 Å². The first-order chi connectivity index (χ1) is 13.8. The molecule has 0 saturated carbocycles. The van der Waals surface area contributed by atoms with Gasteiger partial charge in [-0.3, -0.25) is 4.79 Å². The van der Waals surface area contributed by atoms with Crippen molar-refractivity contribution in [3.63, 3.8) is 0 Å². The summed E-state index contributed by atoms with van der Waals surface area (Å²) in [5, 5.41) is 0. The monoisotopic (exact) mass is 374 g/mol. The molecule has 0 aliphatic carbocycles. The van der Waals surface area contributed by atoms with Crippen molar-refractivity contribution in [3.8, 4) is 5.88 Å². The molecule has 2 heterocycles. The van der Waals surface area contributed by atoms with Crippen molar-refractivity contribution in [1.29, 1.82) is 0 Å². The fraction of sp³-hybridized carbons (Fsp3) is 0.227. The number of rotatable bonds is 5. The fourth-order valence-corrected chi connectivity index (χ4v) is 3.24. The topological polar surface area (TPSA) is 58.6 Å². The number of aromatic nitrogens is 2. The van der Waals surface area contributed by atoms with Crippen molar-refractivity contribution in [2.75, 3.05) is 31.1 Å². The SMILES string of the molecule is O=C(c1cc(OCc2ccccc2)ncn1)N1CCN(c2ccccc2)CC1. The van der Waals surface area contributed by atoms with Gasteiger partial charge >= 0.3 is 0 Å². The van der Waals surface area contributed by atoms with Crippen LogP contribution in [-0.2, 0) is 6.61 Å². The molecule has 6 nitrogen and oxygen atoms in total. The Morgan fingerprint density at radius 2 is 1.57 bits per heavy atom. The average molecular weight is 374 g/mol. The third kappa shape index (κ3) is 4.28. The lowest BCUT2D eigenvalue weighted by molar-refractivity contribution is 0.0740. The van der Waals surface area contributed by atoms with Crippen molar-refractivity contribution < 1.29 is 9.53 Å². The lowest BCUT2D eigenvalue weighted by atomic mass is 10.2. The Bertz CT molecular complexity index is 910. The zero-order chi connectivity index (χ0) is 19.2. The molecule has 0 N–H and O–H groups in total. The van der Waals surface area contributed by atoms with E-state index in [0.29, 0.717) is 31.3 Å². The van der Waals surface area contributed by atoms with Crippen LogP contribution >= 0.6 is 0 Å². The number of hydrogen-bond donors (Lipinski definition) is 0. The maximum absolute atomic E-state index is 12.8. The highest BCUT2D eigenvalue weighted by Gasteiger charge is 2.23. The number of ether oxygens (including phenoxy) is 1. The molecule has 142 valence electrons. The van der Waals surface area contributed by atoms with E-state index in [0.717, 1.165) is 18.7 Å². The van der Waals surface area contributed by atoms with E-state index in [1.54, 1.807) is 6.07 Å². The van der Waals surface area contributed by atoms with Gasteiger partial charge in [0.1, 0.15) is 18.6 Å². The molecule has 0 unspecified atom stereocenters. The summed E-state index contributed by atoms with van der Waals surface area (Å²) in [6.45, 7) is 3.34. The van der Waals surface area contributed by atoms with E-state index in [4.69, 9.17) is 4.74 Å². The summed E-state index contributed by atoms with van der Waals surface area (Å²) in [6.07, 6.45) is 1.38. The average Bonchev–Trinajstić information content (AvgIpc) is 2.79. The maximum Gasteiger partial charge on any atom is 0.272 e. The summed E-state index contributed by atoms with van der Waals surface area (Å²) in [5.41, 5.74) is 2.60. The molecule has 1 aromatic heterocycles. The molecule has 0 spiro atoms. The number of anilines is 1.